The maximum atomic E-state index is 12.2. The first-order valence-electron chi connectivity index (χ1n) is 6.25. The van der Waals surface area contributed by atoms with Crippen molar-refractivity contribution in [3.63, 3.8) is 0 Å². The number of benzene rings is 2. The van der Waals surface area contributed by atoms with Crippen LogP contribution in [0.4, 0.5) is 5.69 Å². The van der Waals surface area contributed by atoms with Crippen molar-refractivity contribution in [1.82, 2.24) is 0 Å². The molecule has 0 radical (unpaired) electrons. The molecule has 2 heteroatoms. The number of Topliss-reactive ketones (excluding diaryl/α,β-unsaturated/α-hetero) is 1. The Morgan fingerprint density at radius 3 is 2.61 bits per heavy atom. The molecule has 0 saturated carbocycles. The Kier molecular flexibility index (Phi) is 2.85. The summed E-state index contributed by atoms with van der Waals surface area (Å²) in [6, 6.07) is 17.8. The molecule has 0 aromatic heterocycles. The maximum Gasteiger partial charge on any atom is 0.163 e. The maximum absolute atomic E-state index is 12.2. The van der Waals surface area contributed by atoms with Crippen LogP contribution in [-0.2, 0) is 0 Å². The van der Waals surface area contributed by atoms with Crippen LogP contribution < -0.4 is 5.32 Å². The lowest BCUT2D eigenvalue weighted by atomic mass is 9.93. The Hall–Kier alpha value is -2.09. The van der Waals surface area contributed by atoms with Crippen molar-refractivity contribution >= 4 is 11.5 Å². The highest BCUT2D eigenvalue weighted by molar-refractivity contribution is 5.96. The summed E-state index contributed by atoms with van der Waals surface area (Å²) in [4.78, 5) is 12.2. The monoisotopic (exact) mass is 237 g/mol. The molecule has 0 aliphatic carbocycles. The fraction of sp³-hybridized carbons (Fsp3) is 0.188. The van der Waals surface area contributed by atoms with E-state index < -0.39 is 0 Å². The molecule has 0 spiro atoms. The lowest BCUT2D eigenvalue weighted by Gasteiger charge is -2.09. The van der Waals surface area contributed by atoms with Crippen molar-refractivity contribution in [2.45, 2.75) is 12.3 Å². The summed E-state index contributed by atoms with van der Waals surface area (Å²) in [6.45, 7) is 0.859. The first-order chi connectivity index (χ1) is 8.84. The second-order valence-electron chi connectivity index (χ2n) is 4.66. The van der Waals surface area contributed by atoms with Crippen LogP contribution in [0.2, 0.25) is 0 Å². The highest BCUT2D eigenvalue weighted by Crippen LogP contribution is 2.33. The molecule has 1 heterocycles. The van der Waals surface area contributed by atoms with Gasteiger partial charge in [-0.1, -0.05) is 48.5 Å². The highest BCUT2D eigenvalue weighted by atomic mass is 16.1. The fourth-order valence-corrected chi connectivity index (χ4v) is 2.50. The van der Waals surface area contributed by atoms with E-state index in [4.69, 9.17) is 0 Å². The number of nitrogens with one attached hydrogen (secondary N) is 1. The molecule has 2 nitrogen and oxygen atoms in total. The van der Waals surface area contributed by atoms with Crippen molar-refractivity contribution in [2.75, 3.05) is 11.9 Å². The molecular weight excluding hydrogens is 222 g/mol. The molecule has 3 rings (SSSR count). The minimum absolute atomic E-state index is 0.221. The Balaban J connectivity index is 1.77. The molecule has 0 saturated heterocycles. The SMILES string of the molecule is O=C(CC1CNc2ccccc21)c1ccccc1. The number of hydrogen-bond donors (Lipinski definition) is 1. The van der Waals surface area contributed by atoms with Gasteiger partial charge in [-0.2, -0.15) is 0 Å². The van der Waals surface area contributed by atoms with E-state index in [-0.39, 0.29) is 5.78 Å². The van der Waals surface area contributed by atoms with E-state index in [0.717, 1.165) is 12.1 Å². The van der Waals surface area contributed by atoms with E-state index in [0.29, 0.717) is 12.3 Å². The van der Waals surface area contributed by atoms with Crippen LogP contribution in [0.3, 0.4) is 0 Å². The molecule has 1 aliphatic heterocycles. The zero-order valence-electron chi connectivity index (χ0n) is 10.1. The zero-order chi connectivity index (χ0) is 12.4. The van der Waals surface area contributed by atoms with E-state index in [9.17, 15) is 4.79 Å². The zero-order valence-corrected chi connectivity index (χ0v) is 10.1. The molecule has 1 atom stereocenters. The second kappa shape index (κ2) is 4.65. The van der Waals surface area contributed by atoms with Gasteiger partial charge in [-0.25, -0.2) is 0 Å². The van der Waals surface area contributed by atoms with Gasteiger partial charge in [0.1, 0.15) is 0 Å². The topological polar surface area (TPSA) is 29.1 Å². The summed E-state index contributed by atoms with van der Waals surface area (Å²) in [6.07, 6.45) is 0.577. The Labute approximate surface area is 107 Å². The normalized spacial score (nSPS) is 17.0. The van der Waals surface area contributed by atoms with E-state index in [1.165, 1.54) is 11.3 Å². The van der Waals surface area contributed by atoms with Crippen LogP contribution >= 0.6 is 0 Å². The minimum atomic E-state index is 0.221. The van der Waals surface area contributed by atoms with Gasteiger partial charge in [0, 0.05) is 30.1 Å². The number of carbonyl (C=O) groups excluding carboxylic acids is 1. The van der Waals surface area contributed by atoms with Crippen molar-refractivity contribution in [1.29, 1.82) is 0 Å². The number of carbonyl (C=O) groups is 1. The van der Waals surface area contributed by atoms with Crippen molar-refractivity contribution < 1.29 is 4.79 Å². The van der Waals surface area contributed by atoms with E-state index in [2.05, 4.69) is 17.4 Å². The summed E-state index contributed by atoms with van der Waals surface area (Å²) >= 11 is 0. The standard InChI is InChI=1S/C16H15NO/c18-16(12-6-2-1-3-7-12)10-13-11-17-15-9-5-4-8-14(13)15/h1-9,13,17H,10-11H2. The number of fused-ring (bicyclic) bond motifs is 1. The van der Waals surface area contributed by atoms with Gasteiger partial charge >= 0.3 is 0 Å². The van der Waals surface area contributed by atoms with Crippen LogP contribution in [0, 0.1) is 0 Å². The molecule has 0 fully saturated rings. The van der Waals surface area contributed by atoms with Gasteiger partial charge < -0.3 is 5.32 Å². The summed E-state index contributed by atoms with van der Waals surface area (Å²) in [5.74, 6) is 0.521. The first kappa shape index (κ1) is 11.0. The lowest BCUT2D eigenvalue weighted by Crippen LogP contribution is -2.09. The van der Waals surface area contributed by atoms with Crippen LogP contribution in [-0.4, -0.2) is 12.3 Å². The predicted molar refractivity (Wildman–Crippen MR) is 73.1 cm³/mol. The van der Waals surface area contributed by atoms with Gasteiger partial charge in [0.15, 0.2) is 5.78 Å². The van der Waals surface area contributed by atoms with Gasteiger partial charge in [0.25, 0.3) is 0 Å². The summed E-state index contributed by atoms with van der Waals surface area (Å²) < 4.78 is 0. The summed E-state index contributed by atoms with van der Waals surface area (Å²) in [5.41, 5.74) is 3.24. The van der Waals surface area contributed by atoms with Gasteiger partial charge in [-0.3, -0.25) is 4.79 Å². The van der Waals surface area contributed by atoms with Crippen molar-refractivity contribution in [3.05, 3.63) is 65.7 Å². The Bertz CT molecular complexity index is 562. The third-order valence-corrected chi connectivity index (χ3v) is 3.47. The molecule has 18 heavy (non-hydrogen) atoms. The fourth-order valence-electron chi connectivity index (χ4n) is 2.50. The molecule has 0 bridgehead atoms. The van der Waals surface area contributed by atoms with Crippen LogP contribution in [0.5, 0.6) is 0 Å². The van der Waals surface area contributed by atoms with Crippen LogP contribution in [0.25, 0.3) is 0 Å². The van der Waals surface area contributed by atoms with E-state index in [1.807, 2.05) is 42.5 Å². The average Bonchev–Trinajstić information content (AvgIpc) is 2.83. The third kappa shape index (κ3) is 2.02. The summed E-state index contributed by atoms with van der Waals surface area (Å²) in [7, 11) is 0. The minimum Gasteiger partial charge on any atom is -0.384 e. The largest absolute Gasteiger partial charge is 0.384 e. The molecule has 2 aromatic rings. The lowest BCUT2D eigenvalue weighted by molar-refractivity contribution is 0.0975. The predicted octanol–water partition coefficient (Wildman–Crippen LogP) is 3.47. The van der Waals surface area contributed by atoms with E-state index in [1.54, 1.807) is 0 Å². The highest BCUT2D eigenvalue weighted by Gasteiger charge is 2.24. The smallest absolute Gasteiger partial charge is 0.163 e. The number of para-hydroxylation sites is 1. The second-order valence-corrected chi connectivity index (χ2v) is 4.66. The Morgan fingerprint density at radius 2 is 1.78 bits per heavy atom. The van der Waals surface area contributed by atoms with Crippen LogP contribution in [0.1, 0.15) is 28.3 Å². The first-order valence-corrected chi connectivity index (χ1v) is 6.25. The molecule has 1 N–H and O–H groups in total. The number of hydrogen-bond acceptors (Lipinski definition) is 2. The molecule has 0 amide bonds. The van der Waals surface area contributed by atoms with Gasteiger partial charge in [-0.15, -0.1) is 0 Å². The number of anilines is 1. The number of ketones is 1. The molecule has 1 unspecified atom stereocenters. The van der Waals surface area contributed by atoms with Gasteiger partial charge in [-0.05, 0) is 11.6 Å². The summed E-state index contributed by atoms with van der Waals surface area (Å²) in [5, 5.41) is 3.35. The molecular formula is C16H15NO. The molecule has 1 aliphatic rings. The third-order valence-electron chi connectivity index (χ3n) is 3.47. The Morgan fingerprint density at radius 1 is 1.06 bits per heavy atom. The van der Waals surface area contributed by atoms with Crippen molar-refractivity contribution in [3.8, 4) is 0 Å². The molecule has 2 aromatic carbocycles. The van der Waals surface area contributed by atoms with Crippen LogP contribution in [0.15, 0.2) is 54.6 Å². The number of rotatable bonds is 3. The van der Waals surface area contributed by atoms with Gasteiger partial charge in [0.05, 0.1) is 0 Å². The van der Waals surface area contributed by atoms with Gasteiger partial charge in [0.2, 0.25) is 0 Å². The molecule has 90 valence electrons. The van der Waals surface area contributed by atoms with E-state index >= 15 is 0 Å². The average molecular weight is 237 g/mol. The quantitative estimate of drug-likeness (QED) is 0.828. The van der Waals surface area contributed by atoms with Crippen molar-refractivity contribution in [2.24, 2.45) is 0 Å².